The van der Waals surface area contributed by atoms with Gasteiger partial charge < -0.3 is 0 Å². The van der Waals surface area contributed by atoms with Crippen molar-refractivity contribution in [3.05, 3.63) is 0 Å². The summed E-state index contributed by atoms with van der Waals surface area (Å²) >= 11 is 0. The normalized spacial score (nSPS) is 36.8. The zero-order valence-electron chi connectivity index (χ0n) is 9.41. The van der Waals surface area contributed by atoms with Gasteiger partial charge in [0.1, 0.15) is 0 Å². The predicted octanol–water partition coefficient (Wildman–Crippen LogP) is 4.25. The van der Waals surface area contributed by atoms with E-state index in [1.807, 2.05) is 0 Å². The molecular formula is C12H24. The highest BCUT2D eigenvalue weighted by Crippen LogP contribution is 2.53. The highest BCUT2D eigenvalue weighted by atomic mass is 14.5. The largest absolute Gasteiger partial charge is 0.0651 e. The minimum atomic E-state index is 0.609. The lowest BCUT2D eigenvalue weighted by atomic mass is 9.73. The highest BCUT2D eigenvalue weighted by molar-refractivity contribution is 4.92. The first-order chi connectivity index (χ1) is 5.40. The van der Waals surface area contributed by atoms with Crippen molar-refractivity contribution in [2.75, 3.05) is 0 Å². The quantitative estimate of drug-likeness (QED) is 0.578. The minimum Gasteiger partial charge on any atom is -0.0651 e. The molecule has 0 aromatic heterocycles. The van der Waals surface area contributed by atoms with Gasteiger partial charge in [0.25, 0.3) is 0 Å². The van der Waals surface area contributed by atoms with E-state index in [1.54, 1.807) is 0 Å². The molecular weight excluding hydrogens is 144 g/mol. The van der Waals surface area contributed by atoms with Crippen molar-refractivity contribution < 1.29 is 0 Å². The summed E-state index contributed by atoms with van der Waals surface area (Å²) in [5.74, 6) is 0.902. The van der Waals surface area contributed by atoms with Crippen LogP contribution >= 0.6 is 0 Å². The average molecular weight is 168 g/mol. The molecule has 0 aromatic rings. The lowest BCUT2D eigenvalue weighted by Gasteiger charge is -2.32. The molecule has 0 saturated heterocycles. The Morgan fingerprint density at radius 3 is 2.08 bits per heavy atom. The Hall–Kier alpha value is 0. The van der Waals surface area contributed by atoms with Crippen molar-refractivity contribution in [2.45, 2.75) is 60.3 Å². The number of hydrogen-bond acceptors (Lipinski definition) is 0. The van der Waals surface area contributed by atoms with Gasteiger partial charge in [-0.1, -0.05) is 41.0 Å². The molecule has 12 heavy (non-hydrogen) atoms. The second kappa shape index (κ2) is 3.05. The molecule has 0 N–H and O–H groups in total. The first kappa shape index (κ1) is 10.1. The SMILES string of the molecule is CCC(C)C1(C)CCC(C)(C)C1. The van der Waals surface area contributed by atoms with Crippen LogP contribution in [0.25, 0.3) is 0 Å². The summed E-state index contributed by atoms with van der Waals surface area (Å²) in [6.45, 7) is 12.1. The van der Waals surface area contributed by atoms with Gasteiger partial charge in [0.15, 0.2) is 0 Å². The van der Waals surface area contributed by atoms with E-state index in [2.05, 4.69) is 34.6 Å². The zero-order chi connectivity index (χ0) is 9.41. The van der Waals surface area contributed by atoms with Crippen LogP contribution in [0.1, 0.15) is 60.3 Å². The average Bonchev–Trinajstić information content (AvgIpc) is 2.25. The molecule has 0 spiro atoms. The van der Waals surface area contributed by atoms with Crippen LogP contribution in [0, 0.1) is 16.7 Å². The number of hydrogen-bond donors (Lipinski definition) is 0. The van der Waals surface area contributed by atoms with Crippen LogP contribution in [0.5, 0.6) is 0 Å². The van der Waals surface area contributed by atoms with Crippen LogP contribution in [0.2, 0.25) is 0 Å². The summed E-state index contributed by atoms with van der Waals surface area (Å²) in [7, 11) is 0. The van der Waals surface area contributed by atoms with Crippen LogP contribution in [0.15, 0.2) is 0 Å². The van der Waals surface area contributed by atoms with Gasteiger partial charge in [-0.25, -0.2) is 0 Å². The molecule has 72 valence electrons. The third kappa shape index (κ3) is 1.84. The van der Waals surface area contributed by atoms with E-state index in [-0.39, 0.29) is 0 Å². The smallest absolute Gasteiger partial charge is 0.0295 e. The highest BCUT2D eigenvalue weighted by Gasteiger charge is 2.42. The standard InChI is InChI=1S/C12H24/c1-6-10(2)12(5)8-7-11(3,4)9-12/h10H,6-9H2,1-5H3. The van der Waals surface area contributed by atoms with E-state index in [4.69, 9.17) is 0 Å². The van der Waals surface area contributed by atoms with Gasteiger partial charge >= 0.3 is 0 Å². The molecule has 2 unspecified atom stereocenters. The second-order valence-corrected chi connectivity index (χ2v) is 5.80. The van der Waals surface area contributed by atoms with Crippen molar-refractivity contribution in [2.24, 2.45) is 16.7 Å². The summed E-state index contributed by atoms with van der Waals surface area (Å²) in [6.07, 6.45) is 5.63. The molecule has 0 amide bonds. The molecule has 1 aliphatic rings. The number of rotatable bonds is 2. The fourth-order valence-electron chi connectivity index (χ4n) is 2.81. The molecule has 1 saturated carbocycles. The molecule has 0 aliphatic heterocycles. The fraction of sp³-hybridized carbons (Fsp3) is 1.00. The van der Waals surface area contributed by atoms with Crippen molar-refractivity contribution in [3.63, 3.8) is 0 Å². The maximum atomic E-state index is 2.48. The zero-order valence-corrected chi connectivity index (χ0v) is 9.41. The Balaban J connectivity index is 2.64. The Bertz CT molecular complexity index is 157. The molecule has 1 fully saturated rings. The molecule has 1 rings (SSSR count). The van der Waals surface area contributed by atoms with E-state index in [1.165, 1.54) is 25.7 Å². The van der Waals surface area contributed by atoms with Gasteiger partial charge in [-0.05, 0) is 36.0 Å². The molecule has 0 nitrogen and oxygen atoms in total. The summed E-state index contributed by atoms with van der Waals surface area (Å²) in [6, 6.07) is 0. The maximum absolute atomic E-state index is 2.48. The van der Waals surface area contributed by atoms with Gasteiger partial charge in [0, 0.05) is 0 Å². The van der Waals surface area contributed by atoms with E-state index >= 15 is 0 Å². The Kier molecular flexibility index (Phi) is 2.56. The van der Waals surface area contributed by atoms with E-state index in [9.17, 15) is 0 Å². The first-order valence-corrected chi connectivity index (χ1v) is 5.40. The third-order valence-electron chi connectivity index (χ3n) is 4.06. The molecule has 0 radical (unpaired) electrons. The summed E-state index contributed by atoms with van der Waals surface area (Å²) < 4.78 is 0. The van der Waals surface area contributed by atoms with Crippen molar-refractivity contribution >= 4 is 0 Å². The monoisotopic (exact) mass is 168 g/mol. The second-order valence-electron chi connectivity index (χ2n) is 5.80. The summed E-state index contributed by atoms with van der Waals surface area (Å²) in [5, 5.41) is 0. The third-order valence-corrected chi connectivity index (χ3v) is 4.06. The summed E-state index contributed by atoms with van der Waals surface area (Å²) in [5.41, 5.74) is 1.25. The lowest BCUT2D eigenvalue weighted by Crippen LogP contribution is -2.22. The predicted molar refractivity (Wildman–Crippen MR) is 55.2 cm³/mol. The van der Waals surface area contributed by atoms with Crippen LogP contribution in [-0.2, 0) is 0 Å². The maximum Gasteiger partial charge on any atom is -0.0295 e. The molecule has 2 atom stereocenters. The van der Waals surface area contributed by atoms with Crippen LogP contribution in [-0.4, -0.2) is 0 Å². The van der Waals surface area contributed by atoms with Gasteiger partial charge in [0.05, 0.1) is 0 Å². The molecule has 0 heteroatoms. The van der Waals surface area contributed by atoms with Gasteiger partial charge in [0.2, 0.25) is 0 Å². The molecule has 0 aromatic carbocycles. The minimum absolute atomic E-state index is 0.609. The van der Waals surface area contributed by atoms with Crippen LogP contribution < -0.4 is 0 Å². The van der Waals surface area contributed by atoms with Gasteiger partial charge in [-0.15, -0.1) is 0 Å². The lowest BCUT2D eigenvalue weighted by molar-refractivity contribution is 0.180. The fourth-order valence-corrected chi connectivity index (χ4v) is 2.81. The van der Waals surface area contributed by atoms with Gasteiger partial charge in [-0.3, -0.25) is 0 Å². The van der Waals surface area contributed by atoms with Crippen LogP contribution in [0.4, 0.5) is 0 Å². The Morgan fingerprint density at radius 1 is 1.17 bits per heavy atom. The summed E-state index contributed by atoms with van der Waals surface area (Å²) in [4.78, 5) is 0. The Morgan fingerprint density at radius 2 is 1.75 bits per heavy atom. The van der Waals surface area contributed by atoms with E-state index in [0.29, 0.717) is 10.8 Å². The molecule has 1 aliphatic carbocycles. The first-order valence-electron chi connectivity index (χ1n) is 5.40. The van der Waals surface area contributed by atoms with Crippen molar-refractivity contribution in [3.8, 4) is 0 Å². The molecule has 0 bridgehead atoms. The topological polar surface area (TPSA) is 0 Å². The van der Waals surface area contributed by atoms with Crippen molar-refractivity contribution in [1.29, 1.82) is 0 Å². The van der Waals surface area contributed by atoms with Crippen LogP contribution in [0.3, 0.4) is 0 Å². The molecule has 0 heterocycles. The van der Waals surface area contributed by atoms with E-state index < -0.39 is 0 Å². The van der Waals surface area contributed by atoms with Gasteiger partial charge in [-0.2, -0.15) is 0 Å². The van der Waals surface area contributed by atoms with Crippen molar-refractivity contribution in [1.82, 2.24) is 0 Å². The van der Waals surface area contributed by atoms with E-state index in [0.717, 1.165) is 5.92 Å². The Labute approximate surface area is 77.7 Å².